The van der Waals surface area contributed by atoms with Crippen LogP contribution in [0.5, 0.6) is 0 Å². The smallest absolute Gasteiger partial charge is 0.315 e. The largest absolute Gasteiger partial charge is 0.363 e. The molecule has 10 heteroatoms. The fourth-order valence-electron chi connectivity index (χ4n) is 6.60. The Kier molecular flexibility index (Phi) is 9.31. The molecule has 0 radical (unpaired) electrons. The van der Waals surface area contributed by atoms with Gasteiger partial charge in [-0.2, -0.15) is 0 Å². The van der Waals surface area contributed by atoms with E-state index in [-0.39, 0.29) is 23.4 Å². The number of nitrogens with two attached hydrogens (primary N) is 1. The van der Waals surface area contributed by atoms with Crippen molar-refractivity contribution in [2.24, 2.45) is 17.6 Å². The number of hydrogen-bond donors (Lipinski definition) is 4. The van der Waals surface area contributed by atoms with Gasteiger partial charge in [0.05, 0.1) is 6.04 Å². The maximum atomic E-state index is 13.9. The molecule has 3 aliphatic carbocycles. The molecule has 4 aliphatic rings. The highest BCUT2D eigenvalue weighted by atomic mass is 16.2. The third-order valence-corrected chi connectivity index (χ3v) is 9.03. The molecule has 1 heterocycles. The topological polar surface area (TPSA) is 151 Å². The zero-order valence-electron chi connectivity index (χ0n) is 22.8. The van der Waals surface area contributed by atoms with Crippen molar-refractivity contribution in [2.45, 2.75) is 127 Å². The molecule has 38 heavy (non-hydrogen) atoms. The van der Waals surface area contributed by atoms with Crippen LogP contribution in [-0.2, 0) is 19.2 Å². The average Bonchev–Trinajstić information content (AvgIpc) is 3.57. The molecule has 5 N–H and O–H groups in total. The van der Waals surface area contributed by atoms with Gasteiger partial charge in [0.1, 0.15) is 12.1 Å². The number of hydrogen-bond acceptors (Lipinski definition) is 5. The van der Waals surface area contributed by atoms with Crippen LogP contribution in [0.2, 0.25) is 0 Å². The van der Waals surface area contributed by atoms with Crippen LogP contribution in [0.25, 0.3) is 0 Å². The van der Waals surface area contributed by atoms with Gasteiger partial charge >= 0.3 is 6.03 Å². The minimum absolute atomic E-state index is 0.0181. The van der Waals surface area contributed by atoms with E-state index < -0.39 is 35.7 Å². The van der Waals surface area contributed by atoms with Gasteiger partial charge in [-0.15, -0.1) is 0 Å². The lowest BCUT2D eigenvalue weighted by atomic mass is 9.82. The van der Waals surface area contributed by atoms with Crippen molar-refractivity contribution in [3.8, 4) is 0 Å². The Hall–Kier alpha value is -2.65. The lowest BCUT2D eigenvalue weighted by molar-refractivity contribution is -0.143. The first kappa shape index (κ1) is 28.4. The number of rotatable bonds is 10. The van der Waals surface area contributed by atoms with E-state index in [1.54, 1.807) is 4.90 Å². The highest BCUT2D eigenvalue weighted by Gasteiger charge is 2.42. The molecule has 3 atom stereocenters. The number of primary amides is 1. The third kappa shape index (κ3) is 7.26. The van der Waals surface area contributed by atoms with Crippen LogP contribution in [0, 0.1) is 11.8 Å². The molecule has 1 saturated heterocycles. The van der Waals surface area contributed by atoms with E-state index in [1.807, 2.05) is 0 Å². The summed E-state index contributed by atoms with van der Waals surface area (Å²) < 4.78 is 0. The molecular formula is C28H45N5O5. The predicted octanol–water partition coefficient (Wildman–Crippen LogP) is 2.29. The van der Waals surface area contributed by atoms with E-state index >= 15 is 0 Å². The van der Waals surface area contributed by atoms with Crippen molar-refractivity contribution in [2.75, 3.05) is 6.54 Å². The molecule has 1 aliphatic heterocycles. The zero-order chi connectivity index (χ0) is 27.3. The fraction of sp³-hybridized carbons (Fsp3) is 0.821. The van der Waals surface area contributed by atoms with Crippen LogP contribution >= 0.6 is 0 Å². The van der Waals surface area contributed by atoms with E-state index in [2.05, 4.69) is 22.9 Å². The van der Waals surface area contributed by atoms with Crippen molar-refractivity contribution in [1.29, 1.82) is 0 Å². The molecular weight excluding hydrogens is 486 g/mol. The van der Waals surface area contributed by atoms with Gasteiger partial charge in [-0.1, -0.05) is 51.4 Å². The molecule has 4 fully saturated rings. The number of carbonyl (C=O) groups excluding carboxylic acids is 5. The fourth-order valence-corrected chi connectivity index (χ4v) is 6.60. The summed E-state index contributed by atoms with van der Waals surface area (Å²) in [7, 11) is 0. The van der Waals surface area contributed by atoms with E-state index in [0.29, 0.717) is 31.7 Å². The van der Waals surface area contributed by atoms with Gasteiger partial charge < -0.3 is 26.6 Å². The van der Waals surface area contributed by atoms with E-state index in [9.17, 15) is 24.0 Å². The Balaban J connectivity index is 1.45. The summed E-state index contributed by atoms with van der Waals surface area (Å²) in [6.45, 7) is 2.48. The normalized spacial score (nSPS) is 25.2. The van der Waals surface area contributed by atoms with Gasteiger partial charge in [0.25, 0.3) is 5.91 Å². The second kappa shape index (κ2) is 12.5. The number of amides is 5. The van der Waals surface area contributed by atoms with Crippen molar-refractivity contribution in [3.63, 3.8) is 0 Å². The zero-order valence-corrected chi connectivity index (χ0v) is 22.8. The lowest BCUT2D eigenvalue weighted by Crippen LogP contribution is -2.60. The average molecular weight is 532 g/mol. The monoisotopic (exact) mass is 531 g/mol. The van der Waals surface area contributed by atoms with Crippen molar-refractivity contribution >= 4 is 29.5 Å². The number of nitrogens with zero attached hydrogens (tertiary/aromatic N) is 1. The number of Topliss-reactive ketones (excluding diaryl/α,β-unsaturated/α-hetero) is 1. The molecule has 0 spiro atoms. The van der Waals surface area contributed by atoms with E-state index in [0.717, 1.165) is 70.6 Å². The minimum Gasteiger partial charge on any atom is -0.363 e. The van der Waals surface area contributed by atoms with Gasteiger partial charge in [-0.25, -0.2) is 4.79 Å². The molecule has 0 bridgehead atoms. The Morgan fingerprint density at radius 2 is 1.53 bits per heavy atom. The van der Waals surface area contributed by atoms with Gasteiger partial charge in [0, 0.05) is 12.1 Å². The number of nitrogens with one attached hydrogen (secondary N) is 3. The Morgan fingerprint density at radius 3 is 2.16 bits per heavy atom. The number of urea groups is 1. The third-order valence-electron chi connectivity index (χ3n) is 9.03. The summed E-state index contributed by atoms with van der Waals surface area (Å²) in [6, 6.07) is -2.73. The molecule has 3 unspecified atom stereocenters. The molecule has 212 valence electrons. The minimum atomic E-state index is -1.06. The van der Waals surface area contributed by atoms with Crippen molar-refractivity contribution < 1.29 is 24.0 Å². The molecule has 0 aromatic carbocycles. The van der Waals surface area contributed by atoms with Crippen LogP contribution < -0.4 is 21.7 Å². The van der Waals surface area contributed by atoms with Gasteiger partial charge in [0.15, 0.2) is 0 Å². The maximum Gasteiger partial charge on any atom is 0.315 e. The number of likely N-dealkylation sites (tertiary alicyclic amines) is 1. The molecule has 3 saturated carbocycles. The molecule has 0 aromatic rings. The van der Waals surface area contributed by atoms with Gasteiger partial charge in [-0.05, 0) is 63.7 Å². The first-order valence-corrected chi connectivity index (χ1v) is 14.7. The summed E-state index contributed by atoms with van der Waals surface area (Å²) in [5.41, 5.74) is 4.96. The van der Waals surface area contributed by atoms with Gasteiger partial charge in [0.2, 0.25) is 17.6 Å². The highest BCUT2D eigenvalue weighted by Crippen LogP contribution is 2.34. The standard InChI is InChI=1S/C28H45N5O5/c1-28(14-6-3-7-15-28)32-27(38)31-22(19-9-4-2-5-10-19)26(37)33-16-8-11-21(33)25(36)30-20(17-18-12-13-18)23(34)24(29)35/h18-22H,2-17H2,1H3,(H2,29,35)(H,30,36)(H2,31,32,38). The maximum absolute atomic E-state index is 13.9. The summed E-state index contributed by atoms with van der Waals surface area (Å²) >= 11 is 0. The summed E-state index contributed by atoms with van der Waals surface area (Å²) in [4.78, 5) is 65.9. The molecule has 5 amide bonds. The van der Waals surface area contributed by atoms with E-state index in [4.69, 9.17) is 5.73 Å². The summed E-state index contributed by atoms with van der Waals surface area (Å²) in [5, 5.41) is 8.88. The predicted molar refractivity (Wildman–Crippen MR) is 142 cm³/mol. The van der Waals surface area contributed by atoms with Crippen molar-refractivity contribution in [3.05, 3.63) is 0 Å². The summed E-state index contributed by atoms with van der Waals surface area (Å²) in [6.07, 6.45) is 13.5. The van der Waals surface area contributed by atoms with Crippen LogP contribution in [-0.4, -0.2) is 64.6 Å². The number of ketones is 1. The molecule has 10 nitrogen and oxygen atoms in total. The van der Waals surface area contributed by atoms with Gasteiger partial charge in [-0.3, -0.25) is 19.2 Å². The quantitative estimate of drug-likeness (QED) is 0.319. The first-order chi connectivity index (χ1) is 18.2. The van der Waals surface area contributed by atoms with Crippen LogP contribution in [0.3, 0.4) is 0 Å². The lowest BCUT2D eigenvalue weighted by Gasteiger charge is -2.37. The Morgan fingerprint density at radius 1 is 0.868 bits per heavy atom. The Labute approximate surface area is 225 Å². The van der Waals surface area contributed by atoms with E-state index in [1.165, 1.54) is 6.42 Å². The molecule has 0 aromatic heterocycles. The van der Waals surface area contributed by atoms with Crippen LogP contribution in [0.15, 0.2) is 0 Å². The number of carbonyl (C=O) groups is 5. The second-order valence-corrected chi connectivity index (χ2v) is 12.3. The highest BCUT2D eigenvalue weighted by molar-refractivity contribution is 6.37. The SMILES string of the molecule is CC1(NC(=O)NC(C(=O)N2CCCC2C(=O)NC(CC2CC2)C(=O)C(N)=O)C2CCCCC2)CCCCC1. The molecule has 4 rings (SSSR count). The Bertz CT molecular complexity index is 907. The first-order valence-electron chi connectivity index (χ1n) is 14.7. The van der Waals surface area contributed by atoms with Crippen LogP contribution in [0.4, 0.5) is 4.79 Å². The van der Waals surface area contributed by atoms with Crippen molar-refractivity contribution in [1.82, 2.24) is 20.9 Å². The second-order valence-electron chi connectivity index (χ2n) is 12.3. The summed E-state index contributed by atoms with van der Waals surface area (Å²) in [5.74, 6) is -2.21. The van der Waals surface area contributed by atoms with Crippen LogP contribution in [0.1, 0.15) is 103 Å².